The molecule has 2 rings (SSSR count). The van der Waals surface area contributed by atoms with E-state index in [0.29, 0.717) is 16.0 Å². The molecule has 0 spiro atoms. The van der Waals surface area contributed by atoms with Gasteiger partial charge in [-0.15, -0.1) is 0 Å². The van der Waals surface area contributed by atoms with Gasteiger partial charge in [0, 0.05) is 28.7 Å². The van der Waals surface area contributed by atoms with Crippen molar-refractivity contribution < 1.29 is 4.39 Å². The fourth-order valence-electron chi connectivity index (χ4n) is 1.85. The Labute approximate surface area is 119 Å². The van der Waals surface area contributed by atoms with Crippen molar-refractivity contribution in [3.63, 3.8) is 0 Å². The molecule has 18 heavy (non-hydrogen) atoms. The van der Waals surface area contributed by atoms with Gasteiger partial charge in [0.1, 0.15) is 5.82 Å². The third kappa shape index (κ3) is 2.52. The highest BCUT2D eigenvalue weighted by molar-refractivity contribution is 9.08. The number of hydrogen-bond acceptors (Lipinski definition) is 1. The molecule has 2 aromatic rings. The van der Waals surface area contributed by atoms with Crippen LogP contribution in [-0.2, 0) is 5.33 Å². The highest BCUT2D eigenvalue weighted by atomic mass is 79.9. The van der Waals surface area contributed by atoms with Crippen LogP contribution in [0.15, 0.2) is 42.5 Å². The van der Waals surface area contributed by atoms with Crippen LogP contribution in [0.1, 0.15) is 5.56 Å². The number of alkyl halides is 1. The number of anilines is 2. The smallest absolute Gasteiger partial charge is 0.146 e. The number of nitrogens with zero attached hydrogens (tertiary/aromatic N) is 1. The van der Waals surface area contributed by atoms with Crippen LogP contribution < -0.4 is 4.90 Å². The quantitative estimate of drug-likeness (QED) is 0.705. The highest BCUT2D eigenvalue weighted by Gasteiger charge is 2.13. The molecular formula is C14H12BrClFN. The van der Waals surface area contributed by atoms with Crippen LogP contribution in [0.2, 0.25) is 5.02 Å². The Balaban J connectivity index is 2.50. The van der Waals surface area contributed by atoms with Crippen molar-refractivity contribution in [2.75, 3.05) is 11.9 Å². The third-order valence-corrected chi connectivity index (χ3v) is 3.72. The standard InChI is InChI=1S/C14H12BrClFN/c1-18(14-7-3-2-6-12(14)17)13-8-4-5-11(16)10(13)9-15/h2-8H,9H2,1H3. The molecule has 0 heterocycles. The van der Waals surface area contributed by atoms with Crippen LogP contribution in [0.5, 0.6) is 0 Å². The van der Waals surface area contributed by atoms with Gasteiger partial charge in [-0.1, -0.05) is 45.7 Å². The monoisotopic (exact) mass is 327 g/mol. The van der Waals surface area contributed by atoms with E-state index in [1.165, 1.54) is 6.07 Å². The molecule has 1 nitrogen and oxygen atoms in total. The van der Waals surface area contributed by atoms with Crippen molar-refractivity contribution in [2.24, 2.45) is 0 Å². The zero-order valence-corrected chi connectivity index (χ0v) is 12.2. The molecule has 4 heteroatoms. The van der Waals surface area contributed by atoms with E-state index < -0.39 is 0 Å². The normalized spacial score (nSPS) is 10.4. The number of halogens is 3. The minimum Gasteiger partial charge on any atom is -0.342 e. The number of rotatable bonds is 3. The third-order valence-electron chi connectivity index (χ3n) is 2.80. The average Bonchev–Trinajstić information content (AvgIpc) is 2.38. The zero-order valence-electron chi connectivity index (χ0n) is 9.83. The Bertz CT molecular complexity index is 559. The SMILES string of the molecule is CN(c1ccccc1F)c1cccc(Cl)c1CBr. The van der Waals surface area contributed by atoms with Crippen molar-refractivity contribution in [3.05, 3.63) is 58.9 Å². The van der Waals surface area contributed by atoms with Gasteiger partial charge >= 0.3 is 0 Å². The predicted octanol–water partition coefficient (Wildman–Crippen LogP) is 5.14. The fraction of sp³-hybridized carbons (Fsp3) is 0.143. The maximum absolute atomic E-state index is 13.8. The van der Waals surface area contributed by atoms with Crippen molar-refractivity contribution in [1.29, 1.82) is 0 Å². The summed E-state index contributed by atoms with van der Waals surface area (Å²) in [5.74, 6) is -0.250. The first-order valence-electron chi connectivity index (χ1n) is 5.46. The maximum atomic E-state index is 13.8. The summed E-state index contributed by atoms with van der Waals surface area (Å²) in [4.78, 5) is 1.80. The highest BCUT2D eigenvalue weighted by Crippen LogP contribution is 2.33. The Morgan fingerprint density at radius 2 is 1.78 bits per heavy atom. The molecule has 0 fully saturated rings. The van der Waals surface area contributed by atoms with Gasteiger partial charge < -0.3 is 4.90 Å². The van der Waals surface area contributed by atoms with Gasteiger partial charge in [0.2, 0.25) is 0 Å². The Hall–Kier alpha value is -1.06. The largest absolute Gasteiger partial charge is 0.342 e. The molecule has 0 N–H and O–H groups in total. The van der Waals surface area contributed by atoms with E-state index in [4.69, 9.17) is 11.6 Å². The first kappa shape index (κ1) is 13.4. The second kappa shape index (κ2) is 5.72. The van der Waals surface area contributed by atoms with Crippen LogP contribution in [0.25, 0.3) is 0 Å². The summed E-state index contributed by atoms with van der Waals surface area (Å²) in [6.07, 6.45) is 0. The second-order valence-electron chi connectivity index (χ2n) is 3.88. The van der Waals surface area contributed by atoms with E-state index in [2.05, 4.69) is 15.9 Å². The van der Waals surface area contributed by atoms with Crippen LogP contribution >= 0.6 is 27.5 Å². The molecule has 0 amide bonds. The first-order valence-corrected chi connectivity index (χ1v) is 6.96. The number of hydrogen-bond donors (Lipinski definition) is 0. The van der Waals surface area contributed by atoms with Crippen molar-refractivity contribution in [1.82, 2.24) is 0 Å². The van der Waals surface area contributed by atoms with Crippen LogP contribution in [0, 0.1) is 5.82 Å². The Morgan fingerprint density at radius 1 is 1.11 bits per heavy atom. The van der Waals surface area contributed by atoms with E-state index in [1.54, 1.807) is 17.0 Å². The topological polar surface area (TPSA) is 3.24 Å². The molecule has 0 aliphatic heterocycles. The van der Waals surface area contributed by atoms with Crippen molar-refractivity contribution >= 4 is 38.9 Å². The molecule has 0 aromatic heterocycles. The fourth-order valence-corrected chi connectivity index (χ4v) is 2.83. The lowest BCUT2D eigenvalue weighted by atomic mass is 10.1. The van der Waals surface area contributed by atoms with Crippen molar-refractivity contribution in [2.45, 2.75) is 5.33 Å². The van der Waals surface area contributed by atoms with Crippen LogP contribution in [0.3, 0.4) is 0 Å². The lowest BCUT2D eigenvalue weighted by Gasteiger charge is -2.23. The Morgan fingerprint density at radius 3 is 2.44 bits per heavy atom. The lowest BCUT2D eigenvalue weighted by molar-refractivity contribution is 0.627. The van der Waals surface area contributed by atoms with Crippen molar-refractivity contribution in [3.8, 4) is 0 Å². The van der Waals surface area contributed by atoms with Gasteiger partial charge in [-0.2, -0.15) is 0 Å². The van der Waals surface area contributed by atoms with E-state index >= 15 is 0 Å². The van der Waals surface area contributed by atoms with Gasteiger partial charge in [-0.25, -0.2) is 4.39 Å². The predicted molar refractivity (Wildman–Crippen MR) is 78.5 cm³/mol. The molecular weight excluding hydrogens is 317 g/mol. The molecule has 94 valence electrons. The molecule has 0 saturated carbocycles. The van der Waals surface area contributed by atoms with E-state index in [9.17, 15) is 4.39 Å². The summed E-state index contributed by atoms with van der Waals surface area (Å²) >= 11 is 9.56. The molecule has 0 saturated heterocycles. The van der Waals surface area contributed by atoms with Crippen LogP contribution in [0.4, 0.5) is 15.8 Å². The molecule has 0 unspecified atom stereocenters. The summed E-state index contributed by atoms with van der Waals surface area (Å²) in [5, 5.41) is 1.30. The minimum atomic E-state index is -0.250. The summed E-state index contributed by atoms with van der Waals surface area (Å²) < 4.78 is 13.8. The molecule has 0 aliphatic carbocycles. The molecule has 2 aromatic carbocycles. The number of para-hydroxylation sites is 1. The summed E-state index contributed by atoms with van der Waals surface area (Å²) in [7, 11) is 1.83. The summed E-state index contributed by atoms with van der Waals surface area (Å²) in [6.45, 7) is 0. The zero-order chi connectivity index (χ0) is 13.1. The summed E-state index contributed by atoms with van der Waals surface area (Å²) in [6, 6.07) is 12.3. The van der Waals surface area contributed by atoms with Gasteiger partial charge in [-0.3, -0.25) is 0 Å². The molecule has 0 radical (unpaired) electrons. The Kier molecular flexibility index (Phi) is 4.25. The average molecular weight is 329 g/mol. The van der Waals surface area contributed by atoms with Gasteiger partial charge in [-0.05, 0) is 24.3 Å². The minimum absolute atomic E-state index is 0.250. The maximum Gasteiger partial charge on any atom is 0.146 e. The van der Waals surface area contributed by atoms with Crippen LogP contribution in [-0.4, -0.2) is 7.05 Å². The summed E-state index contributed by atoms with van der Waals surface area (Å²) in [5.41, 5.74) is 2.37. The first-order chi connectivity index (χ1) is 8.65. The van der Waals surface area contributed by atoms with E-state index in [0.717, 1.165) is 11.3 Å². The van der Waals surface area contributed by atoms with Gasteiger partial charge in [0.15, 0.2) is 0 Å². The van der Waals surface area contributed by atoms with E-state index in [-0.39, 0.29) is 5.82 Å². The van der Waals surface area contributed by atoms with Gasteiger partial charge in [0.25, 0.3) is 0 Å². The lowest BCUT2D eigenvalue weighted by Crippen LogP contribution is -2.13. The molecule has 0 atom stereocenters. The van der Waals surface area contributed by atoms with E-state index in [1.807, 2.05) is 31.3 Å². The number of benzene rings is 2. The molecule has 0 aliphatic rings. The van der Waals surface area contributed by atoms with Gasteiger partial charge in [0.05, 0.1) is 5.69 Å². The second-order valence-corrected chi connectivity index (χ2v) is 4.85. The molecule has 0 bridgehead atoms.